The van der Waals surface area contributed by atoms with Crippen LogP contribution in [-0.4, -0.2) is 41.6 Å². The van der Waals surface area contributed by atoms with Gasteiger partial charge in [0.05, 0.1) is 18.4 Å². The van der Waals surface area contributed by atoms with Gasteiger partial charge in [0.2, 0.25) is 0 Å². The van der Waals surface area contributed by atoms with Gasteiger partial charge in [-0.1, -0.05) is 24.7 Å². The van der Waals surface area contributed by atoms with Crippen LogP contribution in [-0.2, 0) is 9.53 Å². The summed E-state index contributed by atoms with van der Waals surface area (Å²) in [4.78, 5) is 17.1. The van der Waals surface area contributed by atoms with Crippen LogP contribution in [0.3, 0.4) is 0 Å². The second-order valence-electron chi connectivity index (χ2n) is 6.01. The first kappa shape index (κ1) is 23.0. The number of nitrogens with one attached hydrogen (secondary N) is 1. The zero-order valence-electron chi connectivity index (χ0n) is 16.5. The first-order valence-corrected chi connectivity index (χ1v) is 8.97. The fraction of sp³-hybridized carbons (Fsp3) is 0.333. The summed E-state index contributed by atoms with van der Waals surface area (Å²) >= 11 is 0. The number of ether oxygens (including phenoxy) is 1. The van der Waals surface area contributed by atoms with Crippen molar-refractivity contribution in [2.75, 3.05) is 19.7 Å². The molecule has 0 bridgehead atoms. The molecular weight excluding hydrogens is 354 g/mol. The Bertz CT molecular complexity index is 747. The van der Waals surface area contributed by atoms with Gasteiger partial charge in [-0.3, -0.25) is 15.6 Å². The Labute approximate surface area is 167 Å². The van der Waals surface area contributed by atoms with Gasteiger partial charge >= 0.3 is 0 Å². The molecule has 1 atom stereocenters. The van der Waals surface area contributed by atoms with Crippen LogP contribution in [0.4, 0.5) is 0 Å². The molecule has 1 amide bonds. The van der Waals surface area contributed by atoms with E-state index < -0.39 is 0 Å². The van der Waals surface area contributed by atoms with E-state index in [2.05, 4.69) is 28.8 Å². The summed E-state index contributed by atoms with van der Waals surface area (Å²) in [5.74, 6) is 10.1. The number of amides is 1. The summed E-state index contributed by atoms with van der Waals surface area (Å²) in [6.07, 6.45) is 9.72. The number of aromatic nitrogens is 1. The Morgan fingerprint density at radius 2 is 2.36 bits per heavy atom. The van der Waals surface area contributed by atoms with Crippen LogP contribution in [0, 0.1) is 11.8 Å². The van der Waals surface area contributed by atoms with Gasteiger partial charge in [-0.25, -0.2) is 0 Å². The molecule has 1 aromatic rings. The van der Waals surface area contributed by atoms with Gasteiger partial charge in [-0.15, -0.1) is 0 Å². The molecule has 1 unspecified atom stereocenters. The van der Waals surface area contributed by atoms with E-state index in [9.17, 15) is 4.79 Å². The van der Waals surface area contributed by atoms with Crippen LogP contribution in [0.25, 0.3) is 5.70 Å². The van der Waals surface area contributed by atoms with Gasteiger partial charge in [-0.2, -0.15) is 0 Å². The molecule has 1 fully saturated rings. The van der Waals surface area contributed by atoms with E-state index in [0.717, 1.165) is 24.1 Å². The summed E-state index contributed by atoms with van der Waals surface area (Å²) in [6, 6.07) is 3.67. The van der Waals surface area contributed by atoms with Crippen LogP contribution >= 0.6 is 0 Å². The molecule has 7 heteroatoms. The number of hydrazine groups is 1. The molecule has 0 spiro atoms. The normalized spacial score (nSPS) is 16.0. The monoisotopic (exact) mass is 383 g/mol. The van der Waals surface area contributed by atoms with E-state index >= 15 is 0 Å². The molecule has 1 aliphatic heterocycles. The minimum absolute atomic E-state index is 0.106. The van der Waals surface area contributed by atoms with Crippen LogP contribution in [0.5, 0.6) is 0 Å². The molecule has 0 aromatic carbocycles. The number of allylic oxidation sites excluding steroid dienone is 1. The minimum Gasteiger partial charge on any atom is -0.397 e. The molecule has 2 heterocycles. The van der Waals surface area contributed by atoms with Crippen LogP contribution in [0.15, 0.2) is 55.0 Å². The predicted octanol–water partition coefficient (Wildman–Crippen LogP) is 1.56. The lowest BCUT2D eigenvalue weighted by Gasteiger charge is -2.13. The fourth-order valence-corrected chi connectivity index (χ4v) is 2.45. The van der Waals surface area contributed by atoms with E-state index in [-0.39, 0.29) is 12.0 Å². The molecule has 0 aliphatic carbocycles. The second-order valence-corrected chi connectivity index (χ2v) is 6.01. The summed E-state index contributed by atoms with van der Waals surface area (Å²) in [5.41, 5.74) is 10.3. The van der Waals surface area contributed by atoms with Gasteiger partial charge in [0, 0.05) is 37.2 Å². The van der Waals surface area contributed by atoms with E-state index in [1.165, 1.54) is 6.20 Å². The number of nitrogens with two attached hydrogens (primary N) is 2. The van der Waals surface area contributed by atoms with Crippen molar-refractivity contribution >= 4 is 11.6 Å². The number of carbonyl (C=O) groups excluding carboxylic acids is 1. The van der Waals surface area contributed by atoms with Crippen LogP contribution < -0.4 is 17.0 Å². The average molecular weight is 383 g/mol. The van der Waals surface area contributed by atoms with Crippen molar-refractivity contribution < 1.29 is 9.53 Å². The van der Waals surface area contributed by atoms with Crippen molar-refractivity contribution in [2.24, 2.45) is 11.6 Å². The molecule has 0 saturated carbocycles. The van der Waals surface area contributed by atoms with E-state index in [1.807, 2.05) is 31.2 Å². The SMILES string of the molecule is C=C(/C=C\C)COC1CCN(C(=O)C#CC)C1.NN/C=C(\N)c1cccnc1. The van der Waals surface area contributed by atoms with E-state index in [0.29, 0.717) is 18.8 Å². The molecule has 150 valence electrons. The number of hydrogen-bond donors (Lipinski definition) is 3. The number of nitrogens with zero attached hydrogens (tertiary/aromatic N) is 2. The van der Waals surface area contributed by atoms with Crippen molar-refractivity contribution in [1.82, 2.24) is 15.3 Å². The van der Waals surface area contributed by atoms with Gasteiger partial charge in [0.25, 0.3) is 5.91 Å². The van der Waals surface area contributed by atoms with Gasteiger partial charge in [0.1, 0.15) is 0 Å². The number of hydrogen-bond acceptors (Lipinski definition) is 6. The molecule has 1 saturated heterocycles. The lowest BCUT2D eigenvalue weighted by atomic mass is 10.2. The Balaban J connectivity index is 0.000000307. The average Bonchev–Trinajstić information content (AvgIpc) is 3.17. The number of rotatable bonds is 6. The summed E-state index contributed by atoms with van der Waals surface area (Å²) in [7, 11) is 0. The molecule has 7 nitrogen and oxygen atoms in total. The molecular formula is C21H29N5O2. The Hall–Kier alpha value is -3.08. The zero-order valence-corrected chi connectivity index (χ0v) is 16.5. The lowest BCUT2D eigenvalue weighted by molar-refractivity contribution is -0.124. The third kappa shape index (κ3) is 8.54. The topological polar surface area (TPSA) is 106 Å². The molecule has 5 N–H and O–H groups in total. The minimum atomic E-state index is -0.106. The zero-order chi connectivity index (χ0) is 20.8. The van der Waals surface area contributed by atoms with Crippen molar-refractivity contribution in [3.05, 3.63) is 60.6 Å². The Morgan fingerprint density at radius 1 is 1.57 bits per heavy atom. The maximum Gasteiger partial charge on any atom is 0.298 e. The first-order valence-electron chi connectivity index (χ1n) is 8.97. The maximum absolute atomic E-state index is 11.5. The second kappa shape index (κ2) is 13.1. The highest BCUT2D eigenvalue weighted by Crippen LogP contribution is 2.13. The molecule has 2 rings (SSSR count). The van der Waals surface area contributed by atoms with Gasteiger partial charge < -0.3 is 20.8 Å². The number of carbonyl (C=O) groups is 1. The largest absolute Gasteiger partial charge is 0.397 e. The lowest BCUT2D eigenvalue weighted by Crippen LogP contribution is -2.29. The third-order valence-electron chi connectivity index (χ3n) is 3.80. The quantitative estimate of drug-likeness (QED) is 0.298. The van der Waals surface area contributed by atoms with Crippen molar-refractivity contribution in [3.8, 4) is 11.8 Å². The molecule has 1 aliphatic rings. The van der Waals surface area contributed by atoms with Crippen molar-refractivity contribution in [2.45, 2.75) is 26.4 Å². The van der Waals surface area contributed by atoms with Crippen LogP contribution in [0.1, 0.15) is 25.8 Å². The van der Waals surface area contributed by atoms with Gasteiger partial charge in [-0.05, 0) is 43.9 Å². The molecule has 0 radical (unpaired) electrons. The van der Waals surface area contributed by atoms with E-state index in [4.69, 9.17) is 16.3 Å². The van der Waals surface area contributed by atoms with Gasteiger partial charge in [0.15, 0.2) is 0 Å². The summed E-state index contributed by atoms with van der Waals surface area (Å²) < 4.78 is 5.68. The fourth-order valence-electron chi connectivity index (χ4n) is 2.45. The highest BCUT2D eigenvalue weighted by Gasteiger charge is 2.25. The Morgan fingerprint density at radius 3 is 2.96 bits per heavy atom. The predicted molar refractivity (Wildman–Crippen MR) is 112 cm³/mol. The van der Waals surface area contributed by atoms with Crippen LogP contribution in [0.2, 0.25) is 0 Å². The smallest absolute Gasteiger partial charge is 0.298 e. The third-order valence-corrected chi connectivity index (χ3v) is 3.80. The van der Waals surface area contributed by atoms with Crippen molar-refractivity contribution in [3.63, 3.8) is 0 Å². The Kier molecular flexibility index (Phi) is 10.8. The maximum atomic E-state index is 11.5. The number of likely N-dealkylation sites (tertiary alicyclic amines) is 1. The van der Waals surface area contributed by atoms with Crippen molar-refractivity contribution in [1.29, 1.82) is 0 Å². The molecule has 28 heavy (non-hydrogen) atoms. The summed E-state index contributed by atoms with van der Waals surface area (Å²) in [5, 5.41) is 0. The molecule has 1 aromatic heterocycles. The first-order chi connectivity index (χ1) is 13.5. The highest BCUT2D eigenvalue weighted by atomic mass is 16.5. The van der Waals surface area contributed by atoms with E-state index in [1.54, 1.807) is 24.2 Å². The standard InChI is InChI=1S/C14H19NO2.C7H10N4/c1-4-6-12(3)11-17-13-8-9-15(10-13)14(16)7-5-2;8-7(5-11-9)6-2-1-3-10-4-6/h4,6,13H,3,8-11H2,1-2H3;1-5,11H,8-9H2/b6-4-;7-5-. The highest BCUT2D eigenvalue weighted by molar-refractivity contribution is 5.93. The summed E-state index contributed by atoms with van der Waals surface area (Å²) in [6.45, 7) is 9.38. The number of pyridine rings is 1.